The molecule has 1 saturated heterocycles. The number of benzene rings is 1. The van der Waals surface area contributed by atoms with E-state index >= 15 is 0 Å². The third-order valence-corrected chi connectivity index (χ3v) is 3.75. The molecular weight excluding hydrogens is 307 g/mol. The zero-order valence-corrected chi connectivity index (χ0v) is 12.2. The van der Waals surface area contributed by atoms with Gasteiger partial charge in [0.15, 0.2) is 0 Å². The first kappa shape index (κ1) is 17.0. The van der Waals surface area contributed by atoms with E-state index in [0.29, 0.717) is 26.1 Å². The largest absolute Gasteiger partial charge is 0.506 e. The van der Waals surface area contributed by atoms with Gasteiger partial charge in [-0.15, -0.1) is 12.4 Å². The molecule has 2 rings (SSSR count). The van der Waals surface area contributed by atoms with Gasteiger partial charge < -0.3 is 15.6 Å². The van der Waals surface area contributed by atoms with E-state index in [-0.39, 0.29) is 40.3 Å². The SMILES string of the molecule is Cl.N[C@@H](c1c([N+](=O)[O-])ccc(Cl)c1O)C1CCOCC1. The van der Waals surface area contributed by atoms with E-state index in [2.05, 4.69) is 0 Å². The molecule has 20 heavy (non-hydrogen) atoms. The number of nitrogens with two attached hydrogens (primary N) is 1. The first-order chi connectivity index (χ1) is 9.02. The lowest BCUT2D eigenvalue weighted by molar-refractivity contribution is -0.385. The summed E-state index contributed by atoms with van der Waals surface area (Å²) in [5.74, 6) is -0.258. The normalized spacial score (nSPS) is 17.3. The first-order valence-corrected chi connectivity index (χ1v) is 6.39. The maximum atomic E-state index is 11.0. The molecule has 0 radical (unpaired) electrons. The van der Waals surface area contributed by atoms with Crippen LogP contribution in [-0.4, -0.2) is 23.2 Å². The number of nitrogens with zero attached hydrogens (tertiary/aromatic N) is 1. The van der Waals surface area contributed by atoms with Crippen molar-refractivity contribution < 1.29 is 14.8 Å². The van der Waals surface area contributed by atoms with Crippen molar-refractivity contribution in [3.05, 3.63) is 32.8 Å². The lowest BCUT2D eigenvalue weighted by Crippen LogP contribution is -2.28. The number of nitro benzene ring substituents is 1. The molecule has 1 aliphatic rings. The van der Waals surface area contributed by atoms with Crippen LogP contribution in [0.15, 0.2) is 12.1 Å². The molecule has 0 saturated carbocycles. The van der Waals surface area contributed by atoms with Crippen LogP contribution >= 0.6 is 24.0 Å². The summed E-state index contributed by atoms with van der Waals surface area (Å²) >= 11 is 5.82. The highest BCUT2D eigenvalue weighted by Gasteiger charge is 2.31. The number of hydrogen-bond donors (Lipinski definition) is 2. The zero-order valence-electron chi connectivity index (χ0n) is 10.6. The first-order valence-electron chi connectivity index (χ1n) is 6.01. The molecule has 6 nitrogen and oxygen atoms in total. The van der Waals surface area contributed by atoms with Gasteiger partial charge in [0, 0.05) is 25.3 Å². The highest BCUT2D eigenvalue weighted by atomic mass is 35.5. The summed E-state index contributed by atoms with van der Waals surface area (Å²) in [6.45, 7) is 1.15. The van der Waals surface area contributed by atoms with E-state index in [9.17, 15) is 15.2 Å². The maximum absolute atomic E-state index is 11.0. The van der Waals surface area contributed by atoms with Crippen LogP contribution in [0.4, 0.5) is 5.69 Å². The lowest BCUT2D eigenvalue weighted by atomic mass is 9.86. The zero-order chi connectivity index (χ0) is 14.0. The van der Waals surface area contributed by atoms with Crippen LogP contribution in [0.5, 0.6) is 5.75 Å². The highest BCUT2D eigenvalue weighted by Crippen LogP contribution is 2.41. The van der Waals surface area contributed by atoms with Crippen molar-refractivity contribution in [2.24, 2.45) is 11.7 Å². The Hall–Kier alpha value is -1.08. The standard InChI is InChI=1S/C12H15ClN2O4.ClH/c13-8-1-2-9(15(17)18)10(12(8)16)11(14)7-3-5-19-6-4-7;/h1-2,7,11,16H,3-6,14H2;1H/t11-;/m1./s1. The molecule has 0 amide bonds. The summed E-state index contributed by atoms with van der Waals surface area (Å²) in [6, 6.07) is 1.95. The van der Waals surface area contributed by atoms with E-state index in [1.165, 1.54) is 12.1 Å². The minimum atomic E-state index is -0.622. The van der Waals surface area contributed by atoms with E-state index in [1.807, 2.05) is 0 Å². The predicted octanol–water partition coefficient (Wildman–Crippen LogP) is 2.80. The smallest absolute Gasteiger partial charge is 0.278 e. The molecule has 0 aliphatic carbocycles. The third-order valence-electron chi connectivity index (χ3n) is 3.45. The molecule has 1 aliphatic heterocycles. The Labute approximate surface area is 127 Å². The Bertz CT molecular complexity index is 493. The molecule has 0 unspecified atom stereocenters. The summed E-state index contributed by atoms with van der Waals surface area (Å²) in [5.41, 5.74) is 6.02. The highest BCUT2D eigenvalue weighted by molar-refractivity contribution is 6.32. The summed E-state index contributed by atoms with van der Waals surface area (Å²) in [5, 5.41) is 21.1. The molecule has 112 valence electrons. The second-order valence-corrected chi connectivity index (χ2v) is 4.97. The molecule has 0 bridgehead atoms. The third kappa shape index (κ3) is 3.32. The Morgan fingerprint density at radius 1 is 1.45 bits per heavy atom. The molecular formula is C12H16Cl2N2O4. The number of aromatic hydroxyl groups is 1. The van der Waals surface area contributed by atoms with Crippen molar-refractivity contribution >= 4 is 29.7 Å². The van der Waals surface area contributed by atoms with Gasteiger partial charge in [-0.3, -0.25) is 10.1 Å². The summed E-state index contributed by atoms with van der Waals surface area (Å²) in [6.07, 6.45) is 1.43. The number of hydrogen-bond acceptors (Lipinski definition) is 5. The fourth-order valence-electron chi connectivity index (χ4n) is 2.37. The second-order valence-electron chi connectivity index (χ2n) is 4.56. The maximum Gasteiger partial charge on any atom is 0.278 e. The van der Waals surface area contributed by atoms with Gasteiger partial charge in [-0.25, -0.2) is 0 Å². The van der Waals surface area contributed by atoms with Crippen LogP contribution in [0, 0.1) is 16.0 Å². The molecule has 1 aromatic carbocycles. The quantitative estimate of drug-likeness (QED) is 0.658. The Kier molecular flexibility index (Phi) is 6.01. The minimum absolute atomic E-state index is 0. The van der Waals surface area contributed by atoms with Gasteiger partial charge in [0.25, 0.3) is 5.69 Å². The molecule has 1 fully saturated rings. The fraction of sp³-hybridized carbons (Fsp3) is 0.500. The topological polar surface area (TPSA) is 98.6 Å². The van der Waals surface area contributed by atoms with Gasteiger partial charge in [-0.2, -0.15) is 0 Å². The molecule has 8 heteroatoms. The van der Waals surface area contributed by atoms with Gasteiger partial charge in [0.1, 0.15) is 5.75 Å². The van der Waals surface area contributed by atoms with Gasteiger partial charge in [-0.05, 0) is 24.8 Å². The number of halogens is 2. The van der Waals surface area contributed by atoms with Gasteiger partial charge >= 0.3 is 0 Å². The predicted molar refractivity (Wildman–Crippen MR) is 77.5 cm³/mol. The van der Waals surface area contributed by atoms with Gasteiger partial charge in [0.05, 0.1) is 15.5 Å². The molecule has 0 spiro atoms. The molecule has 1 heterocycles. The van der Waals surface area contributed by atoms with Crippen molar-refractivity contribution in [3.8, 4) is 5.75 Å². The van der Waals surface area contributed by atoms with Gasteiger partial charge in [0.2, 0.25) is 0 Å². The summed E-state index contributed by atoms with van der Waals surface area (Å²) in [7, 11) is 0. The number of ether oxygens (including phenoxy) is 1. The van der Waals surface area contributed by atoms with E-state index in [4.69, 9.17) is 22.1 Å². The van der Waals surface area contributed by atoms with Crippen LogP contribution in [-0.2, 0) is 4.74 Å². The van der Waals surface area contributed by atoms with Gasteiger partial charge in [-0.1, -0.05) is 11.6 Å². The summed E-state index contributed by atoms with van der Waals surface area (Å²) < 4.78 is 5.24. The number of nitro groups is 1. The van der Waals surface area contributed by atoms with Crippen molar-refractivity contribution in [2.45, 2.75) is 18.9 Å². The van der Waals surface area contributed by atoms with Crippen LogP contribution in [0.2, 0.25) is 5.02 Å². The summed E-state index contributed by atoms with van der Waals surface area (Å²) in [4.78, 5) is 10.5. The Morgan fingerprint density at radius 3 is 2.60 bits per heavy atom. The van der Waals surface area contributed by atoms with Crippen molar-refractivity contribution in [1.29, 1.82) is 0 Å². The lowest BCUT2D eigenvalue weighted by Gasteiger charge is -2.28. The number of phenolic OH excluding ortho intramolecular Hbond substituents is 1. The molecule has 0 aromatic heterocycles. The Morgan fingerprint density at radius 2 is 2.05 bits per heavy atom. The van der Waals surface area contributed by atoms with Crippen LogP contribution in [0.25, 0.3) is 0 Å². The molecule has 3 N–H and O–H groups in total. The van der Waals surface area contributed by atoms with Crippen LogP contribution in [0.1, 0.15) is 24.4 Å². The van der Waals surface area contributed by atoms with Crippen LogP contribution in [0.3, 0.4) is 0 Å². The fourth-order valence-corrected chi connectivity index (χ4v) is 2.53. The monoisotopic (exact) mass is 322 g/mol. The van der Waals surface area contributed by atoms with Crippen molar-refractivity contribution in [1.82, 2.24) is 0 Å². The molecule has 1 aromatic rings. The van der Waals surface area contributed by atoms with E-state index in [0.717, 1.165) is 0 Å². The average molecular weight is 323 g/mol. The Balaban J connectivity index is 0.00000200. The second kappa shape index (κ2) is 7.08. The van der Waals surface area contributed by atoms with E-state index in [1.54, 1.807) is 0 Å². The van der Waals surface area contributed by atoms with Crippen molar-refractivity contribution in [2.75, 3.05) is 13.2 Å². The number of rotatable bonds is 3. The minimum Gasteiger partial charge on any atom is -0.506 e. The molecule has 1 atom stereocenters. The van der Waals surface area contributed by atoms with Crippen molar-refractivity contribution in [3.63, 3.8) is 0 Å². The number of phenols is 1. The van der Waals surface area contributed by atoms with Crippen LogP contribution < -0.4 is 5.73 Å². The average Bonchev–Trinajstić information content (AvgIpc) is 2.41. The van der Waals surface area contributed by atoms with E-state index < -0.39 is 11.0 Å².